The van der Waals surface area contributed by atoms with Gasteiger partial charge in [-0.2, -0.15) is 0 Å². The van der Waals surface area contributed by atoms with Gasteiger partial charge in [-0.05, 0) is 86.3 Å². The molecular formula is C28H43ClFNO2. The molecule has 1 saturated heterocycles. The Hall–Kier alpha value is -1.13. The highest BCUT2D eigenvalue weighted by atomic mass is 35.5. The van der Waals surface area contributed by atoms with Crippen LogP contribution in [0.4, 0.5) is 4.39 Å². The number of amides is 1. The second-order valence-corrected chi connectivity index (χ2v) is 11.3. The average Bonchev–Trinajstić information content (AvgIpc) is 2.83. The summed E-state index contributed by atoms with van der Waals surface area (Å²) in [4.78, 5) is 15.6. The molecule has 2 aliphatic carbocycles. The topological polar surface area (TPSA) is 40.5 Å². The molecule has 3 nitrogen and oxygen atoms in total. The Balaban J connectivity index is 1.64. The Morgan fingerprint density at radius 3 is 2.36 bits per heavy atom. The van der Waals surface area contributed by atoms with Gasteiger partial charge in [-0.25, -0.2) is 4.39 Å². The van der Waals surface area contributed by atoms with Crippen molar-refractivity contribution in [1.82, 2.24) is 4.90 Å². The summed E-state index contributed by atoms with van der Waals surface area (Å²) in [6.07, 6.45) is 9.85. The molecule has 2 fully saturated rings. The minimum Gasteiger partial charge on any atom is -0.384 e. The van der Waals surface area contributed by atoms with E-state index in [0.717, 1.165) is 51.1 Å². The van der Waals surface area contributed by atoms with E-state index in [1.807, 2.05) is 4.90 Å². The number of hydrogen-bond acceptors (Lipinski definition) is 2. The van der Waals surface area contributed by atoms with Crippen LogP contribution >= 0.6 is 11.6 Å². The number of rotatable bonds is 8. The number of aliphatic hydroxyl groups is 1. The van der Waals surface area contributed by atoms with E-state index in [2.05, 4.69) is 27.0 Å². The molecular weight excluding hydrogens is 437 g/mol. The van der Waals surface area contributed by atoms with Crippen LogP contribution in [0.3, 0.4) is 0 Å². The van der Waals surface area contributed by atoms with E-state index in [1.54, 1.807) is 6.08 Å². The van der Waals surface area contributed by atoms with E-state index in [4.69, 9.17) is 11.6 Å². The first-order chi connectivity index (χ1) is 15.8. The van der Waals surface area contributed by atoms with E-state index < -0.39 is 18.2 Å². The number of carbonyl (C=O) groups is 1. The van der Waals surface area contributed by atoms with E-state index in [1.165, 1.54) is 18.9 Å². The summed E-state index contributed by atoms with van der Waals surface area (Å²) in [6.45, 7) is 13.6. The zero-order valence-electron chi connectivity index (χ0n) is 20.5. The third-order valence-corrected chi connectivity index (χ3v) is 9.09. The highest BCUT2D eigenvalue weighted by Gasteiger charge is 2.38. The SMILES string of the molecule is C=CC1CCC(C(O)C(=C)[C@@H](C(=O)N2CCC(C3CCC(Cl)CC3)CC2)[C@H](C)CC)=CC1F. The minimum atomic E-state index is -1.14. The van der Waals surface area contributed by atoms with Crippen molar-refractivity contribution < 1.29 is 14.3 Å². The average molecular weight is 480 g/mol. The lowest BCUT2D eigenvalue weighted by Crippen LogP contribution is -2.46. The smallest absolute Gasteiger partial charge is 0.230 e. The number of likely N-dealkylation sites (tertiary alicyclic amines) is 1. The number of aliphatic hydroxyl groups excluding tert-OH is 1. The lowest BCUT2D eigenvalue weighted by molar-refractivity contribution is -0.138. The molecule has 3 unspecified atom stereocenters. The number of carbonyl (C=O) groups excluding carboxylic acids is 1. The Bertz CT molecular complexity index is 721. The number of nitrogens with zero attached hydrogens (tertiary/aromatic N) is 1. The van der Waals surface area contributed by atoms with Crippen molar-refractivity contribution >= 4 is 17.5 Å². The molecule has 186 valence electrons. The molecule has 1 N–H and O–H groups in total. The van der Waals surface area contributed by atoms with Crippen LogP contribution in [0.1, 0.15) is 71.6 Å². The molecule has 1 heterocycles. The normalized spacial score (nSPS) is 31.9. The van der Waals surface area contributed by atoms with Crippen LogP contribution in [0.2, 0.25) is 0 Å². The standard InChI is InChI=1S/C28H43ClFNO2/c1-5-18(3)26(19(4)27(32)23-8-7-20(6-2)25(30)17-23)28(33)31-15-13-22(14-16-31)21-9-11-24(29)12-10-21/h6,17-18,20-22,24-27,32H,2,4-5,7-16H2,1,3H3/t18-,20?,21?,24?,25?,26+,27?/m1/s1. The van der Waals surface area contributed by atoms with Crippen LogP contribution in [0.5, 0.6) is 0 Å². The summed E-state index contributed by atoms with van der Waals surface area (Å²) in [5.74, 6) is 0.925. The third-order valence-electron chi connectivity index (χ3n) is 8.65. The molecule has 1 aliphatic heterocycles. The molecule has 1 saturated carbocycles. The van der Waals surface area contributed by atoms with Crippen LogP contribution in [-0.4, -0.2) is 46.7 Å². The first kappa shape index (κ1) is 26.5. The Labute approximate surface area is 205 Å². The Kier molecular flexibility index (Phi) is 9.64. The van der Waals surface area contributed by atoms with Crippen molar-refractivity contribution in [2.75, 3.05) is 13.1 Å². The van der Waals surface area contributed by atoms with Crippen molar-refractivity contribution in [2.45, 2.75) is 89.3 Å². The van der Waals surface area contributed by atoms with Gasteiger partial charge in [0.15, 0.2) is 0 Å². The summed E-state index contributed by atoms with van der Waals surface area (Å²) < 4.78 is 14.4. The molecule has 0 bridgehead atoms. The second-order valence-electron chi connectivity index (χ2n) is 10.6. The fourth-order valence-corrected chi connectivity index (χ4v) is 6.38. The fraction of sp³-hybridized carbons (Fsp3) is 0.750. The van der Waals surface area contributed by atoms with Crippen LogP contribution in [0.25, 0.3) is 0 Å². The van der Waals surface area contributed by atoms with Crippen LogP contribution in [0, 0.1) is 29.6 Å². The van der Waals surface area contributed by atoms with Crippen LogP contribution in [0.15, 0.2) is 36.5 Å². The van der Waals surface area contributed by atoms with Gasteiger partial charge in [-0.1, -0.05) is 32.9 Å². The van der Waals surface area contributed by atoms with Gasteiger partial charge in [-0.15, -0.1) is 18.2 Å². The summed E-state index contributed by atoms with van der Waals surface area (Å²) in [5, 5.41) is 11.4. The number of piperidine rings is 1. The van der Waals surface area contributed by atoms with Crippen LogP contribution < -0.4 is 0 Å². The predicted molar refractivity (Wildman–Crippen MR) is 135 cm³/mol. The summed E-state index contributed by atoms with van der Waals surface area (Å²) in [6, 6.07) is 0. The van der Waals surface area contributed by atoms with Gasteiger partial charge < -0.3 is 10.0 Å². The number of halogens is 2. The molecule has 0 aromatic carbocycles. The molecule has 3 rings (SSSR count). The monoisotopic (exact) mass is 479 g/mol. The van der Waals surface area contributed by atoms with Gasteiger partial charge in [0.1, 0.15) is 6.17 Å². The lowest BCUT2D eigenvalue weighted by Gasteiger charge is -2.40. The molecule has 3 aliphatic rings. The zero-order valence-corrected chi connectivity index (χ0v) is 21.3. The van der Waals surface area contributed by atoms with Gasteiger partial charge in [0.25, 0.3) is 0 Å². The maximum absolute atomic E-state index is 14.4. The van der Waals surface area contributed by atoms with E-state index >= 15 is 0 Å². The quantitative estimate of drug-likeness (QED) is 0.320. The summed E-state index contributed by atoms with van der Waals surface area (Å²) in [7, 11) is 0. The largest absolute Gasteiger partial charge is 0.384 e. The predicted octanol–water partition coefficient (Wildman–Crippen LogP) is 6.46. The van der Waals surface area contributed by atoms with Gasteiger partial charge in [-0.3, -0.25) is 4.79 Å². The molecule has 5 heteroatoms. The number of allylic oxidation sites excluding steroid dienone is 2. The van der Waals surface area contributed by atoms with Crippen LogP contribution in [-0.2, 0) is 4.79 Å². The van der Waals surface area contributed by atoms with E-state index in [-0.39, 0.29) is 17.7 Å². The summed E-state index contributed by atoms with van der Waals surface area (Å²) in [5.41, 5.74) is 1.17. The maximum atomic E-state index is 14.4. The van der Waals surface area contributed by atoms with E-state index in [0.29, 0.717) is 35.3 Å². The molecule has 33 heavy (non-hydrogen) atoms. The van der Waals surface area contributed by atoms with Crippen molar-refractivity contribution in [3.8, 4) is 0 Å². The lowest BCUT2D eigenvalue weighted by atomic mass is 9.75. The first-order valence-corrected chi connectivity index (χ1v) is 13.5. The highest BCUT2D eigenvalue weighted by Crippen LogP contribution is 2.39. The third kappa shape index (κ3) is 6.31. The van der Waals surface area contributed by atoms with Crippen molar-refractivity contribution in [3.63, 3.8) is 0 Å². The first-order valence-electron chi connectivity index (χ1n) is 13.0. The molecule has 0 spiro atoms. The number of alkyl halides is 2. The Morgan fingerprint density at radius 2 is 1.82 bits per heavy atom. The molecule has 0 aromatic heterocycles. The second kappa shape index (κ2) is 12.0. The fourth-order valence-electron chi connectivity index (χ4n) is 6.13. The summed E-state index contributed by atoms with van der Waals surface area (Å²) >= 11 is 6.29. The molecule has 5 atom stereocenters. The minimum absolute atomic E-state index is 0.0719. The van der Waals surface area contributed by atoms with Gasteiger partial charge in [0, 0.05) is 24.4 Å². The van der Waals surface area contributed by atoms with E-state index in [9.17, 15) is 14.3 Å². The highest BCUT2D eigenvalue weighted by molar-refractivity contribution is 6.20. The molecule has 0 aromatic rings. The van der Waals surface area contributed by atoms with Crippen molar-refractivity contribution in [3.05, 3.63) is 36.5 Å². The van der Waals surface area contributed by atoms with Crippen molar-refractivity contribution in [2.24, 2.45) is 29.6 Å². The Morgan fingerprint density at radius 1 is 1.21 bits per heavy atom. The maximum Gasteiger partial charge on any atom is 0.230 e. The number of hydrogen-bond donors (Lipinski definition) is 1. The van der Waals surface area contributed by atoms with Gasteiger partial charge >= 0.3 is 0 Å². The zero-order chi connectivity index (χ0) is 24.1. The van der Waals surface area contributed by atoms with Gasteiger partial charge in [0.05, 0.1) is 12.0 Å². The molecule has 1 amide bonds. The van der Waals surface area contributed by atoms with Gasteiger partial charge in [0.2, 0.25) is 5.91 Å². The van der Waals surface area contributed by atoms with Crippen molar-refractivity contribution in [1.29, 1.82) is 0 Å². The molecule has 0 radical (unpaired) electrons.